The molecule has 0 aliphatic carbocycles. The Morgan fingerprint density at radius 1 is 1.58 bits per heavy atom. The van der Waals surface area contributed by atoms with Crippen LogP contribution in [0.5, 0.6) is 0 Å². The maximum Gasteiger partial charge on any atom is 0.248 e. The summed E-state index contributed by atoms with van der Waals surface area (Å²) in [5.41, 5.74) is 1.01. The quantitative estimate of drug-likeness (QED) is 0.632. The van der Waals surface area contributed by atoms with Crippen LogP contribution in [0.3, 0.4) is 0 Å². The molecular formula is C9H16N2O. The monoisotopic (exact) mass is 168 g/mol. The lowest BCUT2D eigenvalue weighted by atomic mass is 10.2. The van der Waals surface area contributed by atoms with E-state index in [2.05, 4.69) is 12.0 Å². The number of carbonyl (C=O) groups is 1. The van der Waals surface area contributed by atoms with Gasteiger partial charge in [0.05, 0.1) is 12.5 Å². The first kappa shape index (κ1) is 9.23. The van der Waals surface area contributed by atoms with Crippen molar-refractivity contribution in [3.8, 4) is 0 Å². The predicted molar refractivity (Wildman–Crippen MR) is 48.9 cm³/mol. The van der Waals surface area contributed by atoms with E-state index in [0.717, 1.165) is 18.6 Å². The second-order valence-corrected chi connectivity index (χ2v) is 3.19. The highest BCUT2D eigenvalue weighted by molar-refractivity contribution is 6.04. The SMILES string of the molecule is CCC1=NN(C(C)CC)C(=O)C1. The number of hydrogen-bond donors (Lipinski definition) is 0. The van der Waals surface area contributed by atoms with Crippen LogP contribution in [-0.4, -0.2) is 22.7 Å². The molecule has 3 heteroatoms. The van der Waals surface area contributed by atoms with E-state index in [1.807, 2.05) is 13.8 Å². The second-order valence-electron chi connectivity index (χ2n) is 3.19. The van der Waals surface area contributed by atoms with E-state index in [-0.39, 0.29) is 11.9 Å². The minimum atomic E-state index is 0.154. The van der Waals surface area contributed by atoms with Crippen molar-refractivity contribution in [2.75, 3.05) is 0 Å². The molecule has 0 spiro atoms. The predicted octanol–water partition coefficient (Wildman–Crippen LogP) is 1.78. The van der Waals surface area contributed by atoms with Gasteiger partial charge in [0.25, 0.3) is 0 Å². The van der Waals surface area contributed by atoms with Crippen molar-refractivity contribution in [2.45, 2.75) is 46.1 Å². The van der Waals surface area contributed by atoms with Crippen molar-refractivity contribution >= 4 is 11.6 Å². The molecule has 0 fully saturated rings. The summed E-state index contributed by atoms with van der Waals surface area (Å²) in [6.45, 7) is 6.13. The summed E-state index contributed by atoms with van der Waals surface area (Å²) in [5, 5.41) is 5.88. The zero-order valence-electron chi connectivity index (χ0n) is 8.00. The van der Waals surface area contributed by atoms with Crippen LogP contribution in [0.15, 0.2) is 5.10 Å². The molecule has 0 radical (unpaired) electrons. The molecule has 1 amide bonds. The first-order chi connectivity index (χ1) is 5.69. The summed E-state index contributed by atoms with van der Waals surface area (Å²) in [6, 6.07) is 0.251. The van der Waals surface area contributed by atoms with Crippen LogP contribution in [-0.2, 0) is 4.79 Å². The van der Waals surface area contributed by atoms with Crippen molar-refractivity contribution in [2.24, 2.45) is 5.10 Å². The average molecular weight is 168 g/mol. The van der Waals surface area contributed by atoms with Gasteiger partial charge in [-0.2, -0.15) is 5.10 Å². The lowest BCUT2D eigenvalue weighted by Gasteiger charge is -2.18. The van der Waals surface area contributed by atoms with Crippen molar-refractivity contribution in [1.82, 2.24) is 5.01 Å². The molecule has 0 saturated heterocycles. The van der Waals surface area contributed by atoms with Crippen LogP contribution in [0.25, 0.3) is 0 Å². The molecule has 1 heterocycles. The minimum Gasteiger partial charge on any atom is -0.273 e. The second kappa shape index (κ2) is 3.70. The first-order valence-corrected chi connectivity index (χ1v) is 4.57. The number of carbonyl (C=O) groups excluding carboxylic acids is 1. The fraction of sp³-hybridized carbons (Fsp3) is 0.778. The molecule has 0 N–H and O–H groups in total. The molecular weight excluding hydrogens is 152 g/mol. The Labute approximate surface area is 73.4 Å². The zero-order valence-corrected chi connectivity index (χ0v) is 8.00. The molecule has 68 valence electrons. The highest BCUT2D eigenvalue weighted by Crippen LogP contribution is 2.15. The van der Waals surface area contributed by atoms with Crippen molar-refractivity contribution < 1.29 is 4.79 Å². The molecule has 0 aromatic rings. The van der Waals surface area contributed by atoms with Crippen molar-refractivity contribution in [3.63, 3.8) is 0 Å². The van der Waals surface area contributed by atoms with Gasteiger partial charge in [-0.25, -0.2) is 5.01 Å². The first-order valence-electron chi connectivity index (χ1n) is 4.57. The zero-order chi connectivity index (χ0) is 9.14. The van der Waals surface area contributed by atoms with E-state index in [4.69, 9.17) is 0 Å². The van der Waals surface area contributed by atoms with Crippen molar-refractivity contribution in [1.29, 1.82) is 0 Å². The number of hydrogen-bond acceptors (Lipinski definition) is 2. The van der Waals surface area contributed by atoms with E-state index >= 15 is 0 Å². The fourth-order valence-corrected chi connectivity index (χ4v) is 1.21. The van der Waals surface area contributed by atoms with E-state index in [0.29, 0.717) is 6.42 Å². The molecule has 12 heavy (non-hydrogen) atoms. The van der Waals surface area contributed by atoms with Crippen LogP contribution in [0.2, 0.25) is 0 Å². The average Bonchev–Trinajstić information content (AvgIpc) is 2.45. The molecule has 1 unspecified atom stereocenters. The van der Waals surface area contributed by atoms with Crippen LogP contribution in [0.1, 0.15) is 40.0 Å². The largest absolute Gasteiger partial charge is 0.273 e. The molecule has 0 bridgehead atoms. The van der Waals surface area contributed by atoms with Gasteiger partial charge in [0.1, 0.15) is 0 Å². The number of amides is 1. The van der Waals surface area contributed by atoms with E-state index in [1.54, 1.807) is 5.01 Å². The third-order valence-electron chi connectivity index (χ3n) is 2.28. The Bertz CT molecular complexity index is 211. The van der Waals surface area contributed by atoms with Gasteiger partial charge in [-0.15, -0.1) is 0 Å². The van der Waals surface area contributed by atoms with E-state index < -0.39 is 0 Å². The number of nitrogens with zero attached hydrogens (tertiary/aromatic N) is 2. The standard InChI is InChI=1S/C9H16N2O/c1-4-7(3)11-9(12)6-8(5-2)10-11/h7H,4-6H2,1-3H3. The highest BCUT2D eigenvalue weighted by Gasteiger charge is 2.25. The molecule has 3 nitrogen and oxygen atoms in total. The van der Waals surface area contributed by atoms with Gasteiger partial charge < -0.3 is 0 Å². The molecule has 1 aliphatic rings. The van der Waals surface area contributed by atoms with Gasteiger partial charge in [0.2, 0.25) is 5.91 Å². The fourth-order valence-electron chi connectivity index (χ4n) is 1.21. The summed E-state index contributed by atoms with van der Waals surface area (Å²) in [5.74, 6) is 0.154. The molecule has 1 aliphatic heterocycles. The maximum atomic E-state index is 11.4. The van der Waals surface area contributed by atoms with Gasteiger partial charge >= 0.3 is 0 Å². The van der Waals surface area contributed by atoms with Gasteiger partial charge in [-0.1, -0.05) is 13.8 Å². The maximum absolute atomic E-state index is 11.4. The van der Waals surface area contributed by atoms with Gasteiger partial charge in [-0.05, 0) is 19.8 Å². The smallest absolute Gasteiger partial charge is 0.248 e. The topological polar surface area (TPSA) is 32.7 Å². The van der Waals surface area contributed by atoms with E-state index in [9.17, 15) is 4.79 Å². The lowest BCUT2D eigenvalue weighted by molar-refractivity contribution is -0.130. The minimum absolute atomic E-state index is 0.154. The summed E-state index contributed by atoms with van der Waals surface area (Å²) in [6.07, 6.45) is 2.38. The summed E-state index contributed by atoms with van der Waals surface area (Å²) in [4.78, 5) is 11.4. The molecule has 1 rings (SSSR count). The Morgan fingerprint density at radius 3 is 2.67 bits per heavy atom. The number of rotatable bonds is 3. The van der Waals surface area contributed by atoms with Gasteiger partial charge in [0.15, 0.2) is 0 Å². The summed E-state index contributed by atoms with van der Waals surface area (Å²) in [7, 11) is 0. The Kier molecular flexibility index (Phi) is 2.84. The Balaban J connectivity index is 2.66. The number of hydrazone groups is 1. The van der Waals surface area contributed by atoms with Crippen LogP contribution in [0, 0.1) is 0 Å². The third-order valence-corrected chi connectivity index (χ3v) is 2.28. The summed E-state index contributed by atoms with van der Waals surface area (Å²) >= 11 is 0. The third kappa shape index (κ3) is 1.65. The molecule has 1 atom stereocenters. The van der Waals surface area contributed by atoms with Crippen LogP contribution in [0.4, 0.5) is 0 Å². The van der Waals surface area contributed by atoms with Crippen LogP contribution >= 0.6 is 0 Å². The Morgan fingerprint density at radius 2 is 2.25 bits per heavy atom. The summed E-state index contributed by atoms with van der Waals surface area (Å²) < 4.78 is 0. The van der Waals surface area contributed by atoms with Crippen LogP contribution < -0.4 is 0 Å². The van der Waals surface area contributed by atoms with Gasteiger partial charge in [-0.3, -0.25) is 4.79 Å². The normalized spacial score (nSPS) is 19.8. The van der Waals surface area contributed by atoms with Crippen molar-refractivity contribution in [3.05, 3.63) is 0 Å². The van der Waals surface area contributed by atoms with Gasteiger partial charge in [0, 0.05) is 5.71 Å². The lowest BCUT2D eigenvalue weighted by Crippen LogP contribution is -2.29. The van der Waals surface area contributed by atoms with E-state index in [1.165, 1.54) is 0 Å². The molecule has 0 saturated carbocycles. The molecule has 0 aromatic heterocycles. The molecule has 0 aromatic carbocycles. The Hall–Kier alpha value is -0.860. The highest BCUT2D eigenvalue weighted by atomic mass is 16.2.